The second-order valence-corrected chi connectivity index (χ2v) is 11.5. The second-order valence-electron chi connectivity index (χ2n) is 11.5. The Morgan fingerprint density at radius 3 is 2.03 bits per heavy atom. The lowest BCUT2D eigenvalue weighted by Gasteiger charge is -2.31. The minimum Gasteiger partial charge on any atom is -0.507 e. The molecular formula is C25H38N2O3. The number of carbonyl (C=O) groups excluding carboxylic acids is 2. The highest BCUT2D eigenvalue weighted by Gasteiger charge is 2.42. The third-order valence-electron chi connectivity index (χ3n) is 7.03. The first-order chi connectivity index (χ1) is 13.7. The largest absolute Gasteiger partial charge is 0.507 e. The number of likely N-dealkylation sites (tertiary alicyclic amines) is 1. The Labute approximate surface area is 181 Å². The molecule has 1 aromatic rings. The Balaban J connectivity index is 1.90. The van der Waals surface area contributed by atoms with Crippen LogP contribution in [0.3, 0.4) is 0 Å². The molecule has 1 N–H and O–H groups in total. The number of benzene rings is 1. The molecule has 2 fully saturated rings. The topological polar surface area (TPSA) is 60.9 Å². The minimum absolute atomic E-state index is 0.00525. The van der Waals surface area contributed by atoms with E-state index in [0.717, 1.165) is 30.5 Å². The van der Waals surface area contributed by atoms with E-state index in [1.54, 1.807) is 0 Å². The van der Waals surface area contributed by atoms with Crippen molar-refractivity contribution in [2.75, 3.05) is 20.6 Å². The van der Waals surface area contributed by atoms with Crippen molar-refractivity contribution in [1.29, 1.82) is 0 Å². The molecule has 1 aliphatic carbocycles. The highest BCUT2D eigenvalue weighted by molar-refractivity contribution is 5.95. The van der Waals surface area contributed by atoms with Crippen LogP contribution in [-0.4, -0.2) is 53.4 Å². The van der Waals surface area contributed by atoms with Gasteiger partial charge in [-0.05, 0) is 47.6 Å². The van der Waals surface area contributed by atoms with Crippen molar-refractivity contribution >= 4 is 11.8 Å². The molecule has 3 rings (SSSR count). The number of carbonyl (C=O) groups is 2. The molecule has 0 radical (unpaired) electrons. The van der Waals surface area contributed by atoms with Crippen LogP contribution in [0.15, 0.2) is 12.1 Å². The first kappa shape index (κ1) is 22.6. The summed E-state index contributed by atoms with van der Waals surface area (Å²) in [7, 11) is 3.76. The summed E-state index contributed by atoms with van der Waals surface area (Å²) in [4.78, 5) is 29.3. The highest BCUT2D eigenvalue weighted by Crippen LogP contribution is 2.42. The van der Waals surface area contributed by atoms with E-state index >= 15 is 0 Å². The summed E-state index contributed by atoms with van der Waals surface area (Å²) in [5.41, 5.74) is 1.70. The Hall–Kier alpha value is -2.04. The fraction of sp³-hybridized carbons (Fsp3) is 0.680. The number of hydrogen-bond acceptors (Lipinski definition) is 3. The van der Waals surface area contributed by atoms with Gasteiger partial charge in [0.2, 0.25) is 5.91 Å². The maximum Gasteiger partial charge on any atom is 0.253 e. The van der Waals surface area contributed by atoms with Crippen LogP contribution in [0.25, 0.3) is 0 Å². The number of aromatic hydroxyl groups is 1. The van der Waals surface area contributed by atoms with Gasteiger partial charge >= 0.3 is 0 Å². The molecule has 2 amide bonds. The normalized spacial score (nSPS) is 24.7. The molecule has 2 aliphatic rings. The number of nitrogens with zero attached hydrogens (tertiary/aromatic N) is 2. The number of fused-ring (bicyclic) bond motifs is 1. The van der Waals surface area contributed by atoms with Crippen molar-refractivity contribution in [2.24, 2.45) is 11.8 Å². The summed E-state index contributed by atoms with van der Waals surface area (Å²) >= 11 is 0. The van der Waals surface area contributed by atoms with E-state index in [-0.39, 0.29) is 28.7 Å². The molecule has 166 valence electrons. The van der Waals surface area contributed by atoms with Crippen LogP contribution in [0.5, 0.6) is 5.75 Å². The number of rotatable bonds is 2. The Kier molecular flexibility index (Phi) is 5.72. The second kappa shape index (κ2) is 7.58. The lowest BCUT2D eigenvalue weighted by atomic mass is 9.78. The Bertz CT molecular complexity index is 812. The summed E-state index contributed by atoms with van der Waals surface area (Å²) in [6, 6.07) is 3.88. The van der Waals surface area contributed by atoms with Crippen molar-refractivity contribution in [3.8, 4) is 5.75 Å². The molecule has 5 heteroatoms. The van der Waals surface area contributed by atoms with E-state index in [9.17, 15) is 14.7 Å². The molecule has 5 nitrogen and oxygen atoms in total. The number of hydrogen-bond donors (Lipinski definition) is 1. The molecule has 3 atom stereocenters. The fourth-order valence-corrected chi connectivity index (χ4v) is 5.07. The smallest absolute Gasteiger partial charge is 0.253 e. The van der Waals surface area contributed by atoms with E-state index in [4.69, 9.17) is 0 Å². The lowest BCUT2D eigenvalue weighted by molar-refractivity contribution is -0.134. The zero-order chi connectivity index (χ0) is 22.6. The molecule has 1 saturated heterocycles. The number of phenols is 1. The summed E-state index contributed by atoms with van der Waals surface area (Å²) in [5.74, 6) is 1.36. The van der Waals surface area contributed by atoms with E-state index in [2.05, 4.69) is 41.5 Å². The van der Waals surface area contributed by atoms with Gasteiger partial charge in [0.25, 0.3) is 5.91 Å². The van der Waals surface area contributed by atoms with Gasteiger partial charge in [0, 0.05) is 49.8 Å². The number of amides is 2. The van der Waals surface area contributed by atoms with Gasteiger partial charge in [0.15, 0.2) is 0 Å². The third-order valence-corrected chi connectivity index (χ3v) is 7.03. The standard InChI is InChI=1S/C25H38N2O3/c1-24(2,3)19-11-16(12-20(22(19)29)25(4,5)6)23(30)27(8)18-9-15-13-21(28)26(7)14-17(15)10-18/h11-12,15,17-18,29H,9-10,13-14H2,1-8H3/t15-,17+,18-/m1/s1. The molecule has 1 aliphatic heterocycles. The first-order valence-electron chi connectivity index (χ1n) is 11.1. The third kappa shape index (κ3) is 4.21. The quantitative estimate of drug-likeness (QED) is 0.784. The summed E-state index contributed by atoms with van der Waals surface area (Å²) in [6.45, 7) is 13.1. The molecule has 1 saturated carbocycles. The highest BCUT2D eigenvalue weighted by atomic mass is 16.3. The predicted molar refractivity (Wildman–Crippen MR) is 120 cm³/mol. The number of piperidine rings is 1. The molecular weight excluding hydrogens is 376 g/mol. The summed E-state index contributed by atoms with van der Waals surface area (Å²) in [5, 5.41) is 10.9. The SMILES string of the molecule is CN1C[C@@H]2C[C@H](N(C)C(=O)c3cc(C(C)(C)C)c(O)c(C(C)(C)C)c3)C[C@@H]2CC1=O. The van der Waals surface area contributed by atoms with Crippen LogP contribution in [0.1, 0.15) is 82.3 Å². The average molecular weight is 415 g/mol. The lowest BCUT2D eigenvalue weighted by Crippen LogP contribution is -2.40. The van der Waals surface area contributed by atoms with Crippen molar-refractivity contribution in [2.45, 2.75) is 77.7 Å². The fourth-order valence-electron chi connectivity index (χ4n) is 5.07. The van der Waals surface area contributed by atoms with E-state index in [1.165, 1.54) is 0 Å². The summed E-state index contributed by atoms with van der Waals surface area (Å²) in [6.07, 6.45) is 2.44. The van der Waals surface area contributed by atoms with Gasteiger partial charge in [-0.25, -0.2) is 0 Å². The van der Waals surface area contributed by atoms with Gasteiger partial charge in [-0.2, -0.15) is 0 Å². The molecule has 0 bridgehead atoms. The minimum atomic E-state index is -0.272. The van der Waals surface area contributed by atoms with Crippen molar-refractivity contribution in [3.05, 3.63) is 28.8 Å². The van der Waals surface area contributed by atoms with Crippen LogP contribution in [-0.2, 0) is 15.6 Å². The average Bonchev–Trinajstić information content (AvgIpc) is 3.01. The van der Waals surface area contributed by atoms with Gasteiger partial charge < -0.3 is 14.9 Å². The maximum atomic E-state index is 13.5. The molecule has 30 heavy (non-hydrogen) atoms. The first-order valence-corrected chi connectivity index (χ1v) is 11.1. The van der Waals surface area contributed by atoms with Crippen LogP contribution >= 0.6 is 0 Å². The maximum absolute atomic E-state index is 13.5. The van der Waals surface area contributed by atoms with Crippen LogP contribution < -0.4 is 0 Å². The zero-order valence-corrected chi connectivity index (χ0v) is 19.9. The van der Waals surface area contributed by atoms with E-state index in [1.807, 2.05) is 36.0 Å². The molecule has 0 spiro atoms. The number of phenolic OH excluding ortho intramolecular Hbond substituents is 1. The predicted octanol–water partition coefficient (Wildman–Crippen LogP) is 4.32. The van der Waals surface area contributed by atoms with Gasteiger partial charge in [-0.15, -0.1) is 0 Å². The Morgan fingerprint density at radius 1 is 1.03 bits per heavy atom. The molecule has 1 aromatic carbocycles. The molecule has 0 aromatic heterocycles. The van der Waals surface area contributed by atoms with E-state index < -0.39 is 0 Å². The van der Waals surface area contributed by atoms with Crippen molar-refractivity contribution in [3.63, 3.8) is 0 Å². The van der Waals surface area contributed by atoms with E-state index in [0.29, 0.717) is 29.6 Å². The molecule has 0 unspecified atom stereocenters. The zero-order valence-electron chi connectivity index (χ0n) is 19.9. The Morgan fingerprint density at radius 2 is 1.53 bits per heavy atom. The summed E-state index contributed by atoms with van der Waals surface area (Å²) < 4.78 is 0. The van der Waals surface area contributed by atoms with Crippen molar-refractivity contribution < 1.29 is 14.7 Å². The van der Waals surface area contributed by atoms with Gasteiger partial charge in [-0.1, -0.05) is 41.5 Å². The van der Waals surface area contributed by atoms with Gasteiger partial charge in [0.05, 0.1) is 0 Å². The van der Waals surface area contributed by atoms with Crippen LogP contribution in [0.2, 0.25) is 0 Å². The van der Waals surface area contributed by atoms with Crippen LogP contribution in [0, 0.1) is 11.8 Å². The van der Waals surface area contributed by atoms with Gasteiger partial charge in [-0.3, -0.25) is 9.59 Å². The van der Waals surface area contributed by atoms with Crippen molar-refractivity contribution in [1.82, 2.24) is 9.80 Å². The van der Waals surface area contributed by atoms with Gasteiger partial charge in [0.1, 0.15) is 5.75 Å². The van der Waals surface area contributed by atoms with Crippen LogP contribution in [0.4, 0.5) is 0 Å². The monoisotopic (exact) mass is 414 g/mol. The molecule has 1 heterocycles.